The van der Waals surface area contributed by atoms with E-state index in [1.165, 1.54) is 12.1 Å². The van der Waals surface area contributed by atoms with E-state index in [1.807, 2.05) is 30.5 Å². The number of hydrogen-bond acceptors (Lipinski definition) is 4. The van der Waals surface area contributed by atoms with E-state index in [4.69, 9.17) is 5.21 Å². The fourth-order valence-corrected chi connectivity index (χ4v) is 3.30. The van der Waals surface area contributed by atoms with Gasteiger partial charge in [0.15, 0.2) is 0 Å². The van der Waals surface area contributed by atoms with Gasteiger partial charge in [0.25, 0.3) is 11.8 Å². The number of halogens is 1. The van der Waals surface area contributed by atoms with Gasteiger partial charge >= 0.3 is 0 Å². The van der Waals surface area contributed by atoms with E-state index in [1.54, 1.807) is 59.7 Å². The van der Waals surface area contributed by atoms with Gasteiger partial charge in [0.05, 0.1) is 0 Å². The fraction of sp³-hybridized carbons (Fsp3) is 0.0833. The van der Waals surface area contributed by atoms with Crippen LogP contribution in [0.25, 0.3) is 11.6 Å². The summed E-state index contributed by atoms with van der Waals surface area (Å²) < 4.78 is 13.4. The van der Waals surface area contributed by atoms with Crippen LogP contribution >= 0.6 is 11.8 Å². The van der Waals surface area contributed by atoms with Crippen molar-refractivity contribution in [2.75, 3.05) is 6.26 Å². The van der Waals surface area contributed by atoms with Gasteiger partial charge < -0.3 is 5.32 Å². The Labute approximate surface area is 184 Å². The van der Waals surface area contributed by atoms with Gasteiger partial charge in [0, 0.05) is 22.6 Å². The highest BCUT2D eigenvalue weighted by molar-refractivity contribution is 7.98. The van der Waals surface area contributed by atoms with E-state index < -0.39 is 5.91 Å². The van der Waals surface area contributed by atoms with Crippen molar-refractivity contribution in [3.8, 4) is 0 Å². The summed E-state index contributed by atoms with van der Waals surface area (Å²) in [6.45, 7) is 0.240. The van der Waals surface area contributed by atoms with Crippen LogP contribution in [0.15, 0.2) is 77.7 Å². The van der Waals surface area contributed by atoms with Crippen LogP contribution in [0, 0.1) is 5.82 Å². The van der Waals surface area contributed by atoms with Crippen molar-refractivity contribution in [1.29, 1.82) is 0 Å². The molecule has 0 spiro atoms. The highest BCUT2D eigenvalue weighted by atomic mass is 32.2. The largest absolute Gasteiger partial charge is 0.348 e. The molecule has 5 nitrogen and oxygen atoms in total. The Morgan fingerprint density at radius 1 is 0.935 bits per heavy atom. The summed E-state index contributed by atoms with van der Waals surface area (Å²) in [6.07, 6.45) is 3.76. The Morgan fingerprint density at radius 3 is 2.13 bits per heavy atom. The minimum absolute atomic E-state index is 0.240. The number of hydroxylamine groups is 1. The normalized spacial score (nSPS) is 11.1. The first kappa shape index (κ1) is 22.3. The first-order valence-electron chi connectivity index (χ1n) is 9.43. The Hall–Kier alpha value is -3.42. The molecule has 158 valence electrons. The summed E-state index contributed by atoms with van der Waals surface area (Å²) >= 11 is 1.63. The second-order valence-electron chi connectivity index (χ2n) is 6.66. The first-order chi connectivity index (χ1) is 15.0. The van der Waals surface area contributed by atoms with Crippen molar-refractivity contribution >= 4 is 35.2 Å². The summed E-state index contributed by atoms with van der Waals surface area (Å²) in [6, 6.07) is 20.0. The summed E-state index contributed by atoms with van der Waals surface area (Å²) in [4.78, 5) is 25.5. The van der Waals surface area contributed by atoms with Gasteiger partial charge in [-0.2, -0.15) is 0 Å². The van der Waals surface area contributed by atoms with E-state index in [9.17, 15) is 14.0 Å². The van der Waals surface area contributed by atoms with E-state index >= 15 is 0 Å². The molecule has 3 N–H and O–H groups in total. The summed E-state index contributed by atoms with van der Waals surface area (Å²) in [5, 5.41) is 11.5. The number of hydrogen-bond donors (Lipinski definition) is 3. The van der Waals surface area contributed by atoms with Gasteiger partial charge in [-0.3, -0.25) is 14.8 Å². The van der Waals surface area contributed by atoms with Gasteiger partial charge in [-0.05, 0) is 65.4 Å². The molecule has 0 unspecified atom stereocenters. The summed E-state index contributed by atoms with van der Waals surface area (Å²) in [5.74, 6) is -1.29. The molecule has 0 aliphatic heterocycles. The minimum atomic E-state index is -0.607. The van der Waals surface area contributed by atoms with Crippen LogP contribution in [-0.2, 0) is 11.3 Å². The predicted octanol–water partition coefficient (Wildman–Crippen LogP) is 4.52. The minimum Gasteiger partial charge on any atom is -0.348 e. The maximum absolute atomic E-state index is 13.4. The van der Waals surface area contributed by atoms with Crippen molar-refractivity contribution in [3.63, 3.8) is 0 Å². The molecule has 3 aromatic rings. The number of nitrogens with one attached hydrogen (secondary N) is 2. The van der Waals surface area contributed by atoms with E-state index in [-0.39, 0.29) is 18.3 Å². The van der Waals surface area contributed by atoms with Crippen LogP contribution in [0.5, 0.6) is 0 Å². The molecule has 0 fully saturated rings. The highest BCUT2D eigenvalue weighted by Gasteiger charge is 2.13. The molecule has 0 radical (unpaired) electrons. The smallest absolute Gasteiger partial charge is 0.274 e. The maximum atomic E-state index is 13.4. The number of carbonyl (C=O) groups excluding carboxylic acids is 2. The molecule has 31 heavy (non-hydrogen) atoms. The number of rotatable bonds is 7. The average Bonchev–Trinajstić information content (AvgIpc) is 2.82. The molecule has 0 aliphatic carbocycles. The molecular weight excluding hydrogens is 415 g/mol. The van der Waals surface area contributed by atoms with Crippen molar-refractivity contribution < 1.29 is 19.2 Å². The number of carbonyl (C=O) groups is 2. The molecule has 2 amide bonds. The van der Waals surface area contributed by atoms with Crippen molar-refractivity contribution in [2.24, 2.45) is 0 Å². The van der Waals surface area contributed by atoms with E-state index in [0.717, 1.165) is 16.0 Å². The van der Waals surface area contributed by atoms with E-state index in [2.05, 4.69) is 5.32 Å². The fourth-order valence-electron chi connectivity index (χ4n) is 2.89. The molecule has 0 aliphatic rings. The van der Waals surface area contributed by atoms with Crippen LogP contribution in [0.2, 0.25) is 0 Å². The zero-order valence-electron chi connectivity index (χ0n) is 16.8. The number of amides is 2. The van der Waals surface area contributed by atoms with Crippen LogP contribution in [0.1, 0.15) is 27.0 Å². The third kappa shape index (κ3) is 6.04. The van der Waals surface area contributed by atoms with Crippen molar-refractivity contribution in [1.82, 2.24) is 10.8 Å². The highest BCUT2D eigenvalue weighted by Crippen LogP contribution is 2.22. The lowest BCUT2D eigenvalue weighted by Crippen LogP contribution is -2.24. The SMILES string of the molecule is CSc1ccc(/C=C(/C(=O)NCc2ccc(C(=O)NO)cc2)c2ccc(F)cc2)cc1. The second-order valence-corrected chi connectivity index (χ2v) is 7.54. The standard InChI is InChI=1S/C24H21FN2O3S/c1-31-21-12-4-16(5-13-21)14-22(18-8-10-20(25)11-9-18)24(29)26-15-17-2-6-19(7-3-17)23(28)27-30/h2-14,30H,15H2,1H3,(H,26,29)(H,27,28)/b22-14+. The average molecular weight is 437 g/mol. The van der Waals surface area contributed by atoms with Gasteiger partial charge in [0.2, 0.25) is 0 Å². The van der Waals surface area contributed by atoms with Gasteiger partial charge in [-0.25, -0.2) is 9.87 Å². The summed E-state index contributed by atoms with van der Waals surface area (Å²) in [7, 11) is 0. The van der Waals surface area contributed by atoms with Crippen molar-refractivity contribution in [3.05, 3.63) is 101 Å². The molecule has 0 bridgehead atoms. The molecule has 3 aromatic carbocycles. The number of thioether (sulfide) groups is 1. The predicted molar refractivity (Wildman–Crippen MR) is 120 cm³/mol. The third-order valence-electron chi connectivity index (χ3n) is 4.60. The molecule has 0 atom stereocenters. The zero-order valence-corrected chi connectivity index (χ0v) is 17.6. The first-order valence-corrected chi connectivity index (χ1v) is 10.7. The van der Waals surface area contributed by atoms with Crippen LogP contribution in [-0.4, -0.2) is 23.3 Å². The lowest BCUT2D eigenvalue weighted by atomic mass is 10.0. The monoisotopic (exact) mass is 436 g/mol. The van der Waals surface area contributed by atoms with Gasteiger partial charge in [-0.1, -0.05) is 36.4 Å². The Balaban J connectivity index is 1.81. The Kier molecular flexibility index (Phi) is 7.59. The molecule has 0 aromatic heterocycles. The van der Waals surface area contributed by atoms with Crippen molar-refractivity contribution in [2.45, 2.75) is 11.4 Å². The maximum Gasteiger partial charge on any atom is 0.274 e. The third-order valence-corrected chi connectivity index (χ3v) is 5.34. The van der Waals surface area contributed by atoms with Crippen LogP contribution in [0.4, 0.5) is 4.39 Å². The molecule has 0 heterocycles. The molecule has 7 heteroatoms. The van der Waals surface area contributed by atoms with Crippen LogP contribution in [0.3, 0.4) is 0 Å². The topological polar surface area (TPSA) is 78.4 Å². The molecule has 3 rings (SSSR count). The van der Waals surface area contributed by atoms with Crippen LogP contribution < -0.4 is 10.8 Å². The summed E-state index contributed by atoms with van der Waals surface area (Å²) in [5.41, 5.74) is 4.52. The van der Waals surface area contributed by atoms with Gasteiger partial charge in [-0.15, -0.1) is 11.8 Å². The Bertz CT molecular complexity index is 1080. The Morgan fingerprint density at radius 2 is 1.55 bits per heavy atom. The zero-order chi connectivity index (χ0) is 22.2. The quantitative estimate of drug-likeness (QED) is 0.167. The van der Waals surface area contributed by atoms with E-state index in [0.29, 0.717) is 16.7 Å². The molecular formula is C24H21FN2O3S. The second kappa shape index (κ2) is 10.6. The molecule has 0 saturated carbocycles. The lowest BCUT2D eigenvalue weighted by Gasteiger charge is -2.11. The number of benzene rings is 3. The van der Waals surface area contributed by atoms with Gasteiger partial charge in [0.1, 0.15) is 5.82 Å². The molecule has 0 saturated heterocycles. The lowest BCUT2D eigenvalue weighted by molar-refractivity contribution is -0.115.